The topological polar surface area (TPSA) is 93.5 Å². The number of hydrogen-bond acceptors (Lipinski definition) is 5. The van der Waals surface area contributed by atoms with Gasteiger partial charge in [0.15, 0.2) is 6.17 Å². The lowest BCUT2D eigenvalue weighted by Gasteiger charge is -2.35. The molecule has 0 bridgehead atoms. The van der Waals surface area contributed by atoms with Crippen LogP contribution in [0.3, 0.4) is 0 Å². The fraction of sp³-hybridized carbons (Fsp3) is 0.389. The minimum absolute atomic E-state index is 0.0850. The Labute approximate surface area is 150 Å². The number of halogens is 1. The van der Waals surface area contributed by atoms with Crippen LogP contribution in [0.5, 0.6) is 0 Å². The van der Waals surface area contributed by atoms with E-state index in [9.17, 15) is 19.1 Å². The maximum atomic E-state index is 14.5. The van der Waals surface area contributed by atoms with Crippen LogP contribution in [0.2, 0.25) is 0 Å². The predicted octanol–water partition coefficient (Wildman–Crippen LogP) is 1.46. The summed E-state index contributed by atoms with van der Waals surface area (Å²) >= 11 is 0. The molecule has 1 fully saturated rings. The van der Waals surface area contributed by atoms with Crippen molar-refractivity contribution in [1.82, 2.24) is 9.55 Å². The fourth-order valence-electron chi connectivity index (χ4n) is 2.78. The highest BCUT2D eigenvalue weighted by Gasteiger charge is 2.39. The molecule has 0 spiro atoms. The number of aliphatic hydroxyl groups excluding tert-OH is 1. The molecule has 1 aliphatic rings. The summed E-state index contributed by atoms with van der Waals surface area (Å²) in [5.74, 6) is -0.330. The Morgan fingerprint density at radius 1 is 1.46 bits per heavy atom. The molecule has 4 unspecified atom stereocenters. The van der Waals surface area contributed by atoms with Crippen LogP contribution in [0.1, 0.15) is 30.2 Å². The van der Waals surface area contributed by atoms with Crippen molar-refractivity contribution < 1.29 is 20.4 Å². The average Bonchev–Trinajstić information content (AvgIpc) is 2.67. The van der Waals surface area contributed by atoms with Gasteiger partial charge < -0.3 is 15.2 Å². The first-order valence-electron chi connectivity index (χ1n) is 8.82. The molecule has 1 aromatic carbocycles. The van der Waals surface area contributed by atoms with Gasteiger partial charge in [-0.3, -0.25) is 9.36 Å². The van der Waals surface area contributed by atoms with Gasteiger partial charge >= 0.3 is 5.69 Å². The van der Waals surface area contributed by atoms with E-state index in [1.54, 1.807) is 37.3 Å². The molecule has 2 N–H and O–H groups in total. The van der Waals surface area contributed by atoms with Gasteiger partial charge in [-0.05, 0) is 26.0 Å². The molecule has 4 atom stereocenters. The number of amides is 1. The van der Waals surface area contributed by atoms with Crippen molar-refractivity contribution in [3.63, 3.8) is 0 Å². The Balaban J connectivity index is 1.83. The first kappa shape index (κ1) is 16.9. The quantitative estimate of drug-likeness (QED) is 0.862. The Morgan fingerprint density at radius 3 is 2.88 bits per heavy atom. The number of nitrogens with zero attached hydrogens (tertiary/aromatic N) is 2. The number of aryl methyl sites for hydroxylation is 1. The third-order valence-electron chi connectivity index (χ3n) is 4.32. The van der Waals surface area contributed by atoms with E-state index >= 15 is 0 Å². The van der Waals surface area contributed by atoms with Gasteiger partial charge in [-0.25, -0.2) is 9.18 Å². The second-order valence-corrected chi connectivity index (χ2v) is 6.16. The van der Waals surface area contributed by atoms with Crippen molar-refractivity contribution in [3.05, 3.63) is 58.1 Å². The van der Waals surface area contributed by atoms with Crippen molar-refractivity contribution >= 4 is 11.7 Å². The molecule has 2 aromatic rings. The first-order valence-corrected chi connectivity index (χ1v) is 8.11. The van der Waals surface area contributed by atoms with Crippen molar-refractivity contribution in [1.29, 1.82) is 0 Å². The Hall–Kier alpha value is -2.58. The lowest BCUT2D eigenvalue weighted by molar-refractivity contribution is -0.128. The molecule has 3 rings (SSSR count). The lowest BCUT2D eigenvalue weighted by Crippen LogP contribution is -2.49. The van der Waals surface area contributed by atoms with Crippen molar-refractivity contribution in [3.8, 4) is 0 Å². The van der Waals surface area contributed by atoms with E-state index in [1.807, 2.05) is 0 Å². The summed E-state index contributed by atoms with van der Waals surface area (Å²) in [4.78, 5) is 28.5. The van der Waals surface area contributed by atoms with E-state index in [1.165, 1.54) is 6.20 Å². The van der Waals surface area contributed by atoms with E-state index in [0.29, 0.717) is 11.1 Å². The SMILES string of the molecule is [2H]CC1OCC(n2cc(C)c(NC(=O)c3ccccc3)nc2=O)C(F)C1O. The zero-order chi connectivity index (χ0) is 19.6. The first-order chi connectivity index (χ1) is 12.9. The number of aliphatic hydroxyl groups is 1. The Bertz CT molecular complexity index is 877. The van der Waals surface area contributed by atoms with Crippen molar-refractivity contribution in [2.45, 2.75) is 38.2 Å². The maximum Gasteiger partial charge on any atom is 0.349 e. The summed E-state index contributed by atoms with van der Waals surface area (Å²) < 4.78 is 28.1. The predicted molar refractivity (Wildman–Crippen MR) is 93.0 cm³/mol. The zero-order valence-electron chi connectivity index (χ0n) is 15.1. The number of aromatic nitrogens is 2. The molecule has 2 heterocycles. The second kappa shape index (κ2) is 7.35. The molecular formula is C18H20FN3O4. The van der Waals surface area contributed by atoms with Crippen LogP contribution in [-0.4, -0.2) is 45.6 Å². The maximum absolute atomic E-state index is 14.5. The number of nitrogens with one attached hydrogen (secondary N) is 1. The number of carbonyl (C=O) groups is 1. The minimum Gasteiger partial charge on any atom is -0.387 e. The molecule has 0 radical (unpaired) electrons. The van der Waals surface area contributed by atoms with Crippen LogP contribution < -0.4 is 11.0 Å². The van der Waals surface area contributed by atoms with Crippen LogP contribution in [0.4, 0.5) is 10.2 Å². The van der Waals surface area contributed by atoms with Gasteiger partial charge in [0.25, 0.3) is 5.91 Å². The van der Waals surface area contributed by atoms with E-state index in [4.69, 9.17) is 6.11 Å². The van der Waals surface area contributed by atoms with Gasteiger partial charge in [0, 0.05) is 18.7 Å². The molecule has 1 amide bonds. The summed E-state index contributed by atoms with van der Waals surface area (Å²) in [6, 6.07) is 7.41. The van der Waals surface area contributed by atoms with Gasteiger partial charge in [0.05, 0.1) is 18.8 Å². The lowest BCUT2D eigenvalue weighted by atomic mass is 10.00. The molecule has 1 aliphatic heterocycles. The molecular weight excluding hydrogens is 341 g/mol. The number of carbonyl (C=O) groups excluding carboxylic acids is 1. The number of hydrogen-bond donors (Lipinski definition) is 2. The summed E-state index contributed by atoms with van der Waals surface area (Å²) in [5.41, 5.74) is 0.108. The van der Waals surface area contributed by atoms with Crippen LogP contribution in [0.25, 0.3) is 0 Å². The van der Waals surface area contributed by atoms with Crippen molar-refractivity contribution in [2.75, 3.05) is 11.9 Å². The molecule has 8 heteroatoms. The van der Waals surface area contributed by atoms with E-state index in [2.05, 4.69) is 10.3 Å². The molecule has 7 nitrogen and oxygen atoms in total. The minimum atomic E-state index is -1.77. The highest BCUT2D eigenvalue weighted by Crippen LogP contribution is 2.26. The number of rotatable bonds is 3. The Morgan fingerprint density at radius 2 is 2.19 bits per heavy atom. The third kappa shape index (κ3) is 3.51. The van der Waals surface area contributed by atoms with Gasteiger partial charge in [-0.2, -0.15) is 4.98 Å². The van der Waals surface area contributed by atoms with Gasteiger partial charge in [-0.15, -0.1) is 0 Å². The molecule has 0 saturated carbocycles. The third-order valence-corrected chi connectivity index (χ3v) is 4.32. The van der Waals surface area contributed by atoms with Gasteiger partial charge in [-0.1, -0.05) is 18.2 Å². The number of benzene rings is 1. The van der Waals surface area contributed by atoms with Crippen molar-refractivity contribution in [2.24, 2.45) is 0 Å². The van der Waals surface area contributed by atoms with Crippen LogP contribution in [0.15, 0.2) is 41.3 Å². The van der Waals surface area contributed by atoms with Crippen LogP contribution in [-0.2, 0) is 4.74 Å². The van der Waals surface area contributed by atoms with E-state index in [-0.39, 0.29) is 19.3 Å². The van der Waals surface area contributed by atoms with Gasteiger partial charge in [0.1, 0.15) is 11.9 Å². The molecule has 1 aromatic heterocycles. The molecule has 26 heavy (non-hydrogen) atoms. The molecule has 1 saturated heterocycles. The normalized spacial score (nSPS) is 26.2. The number of ether oxygens (including phenoxy) is 1. The standard InChI is InChI=1S/C18H20FN3O4/c1-10-8-22(13-9-26-11(2)15(23)14(13)19)18(25)21-16(10)20-17(24)12-6-4-3-5-7-12/h3-8,11,13-15,23H,9H2,1-2H3,(H,20,21,24,25)/i2D. The van der Waals surface area contributed by atoms with Gasteiger partial charge in [0.2, 0.25) is 0 Å². The van der Waals surface area contributed by atoms with E-state index < -0.39 is 36.0 Å². The van der Waals surface area contributed by atoms with E-state index in [0.717, 1.165) is 4.57 Å². The molecule has 0 aliphatic carbocycles. The Kier molecular flexibility index (Phi) is 4.77. The number of anilines is 1. The fourth-order valence-corrected chi connectivity index (χ4v) is 2.78. The summed E-state index contributed by atoms with van der Waals surface area (Å²) in [7, 11) is 0. The van der Waals surface area contributed by atoms with Crippen LogP contribution in [0, 0.1) is 6.92 Å². The zero-order valence-corrected chi connectivity index (χ0v) is 14.1. The summed E-state index contributed by atoms with van der Waals surface area (Å²) in [6.45, 7) is 1.20. The second-order valence-electron chi connectivity index (χ2n) is 6.16. The highest BCUT2D eigenvalue weighted by atomic mass is 19.1. The highest BCUT2D eigenvalue weighted by molar-refractivity contribution is 6.03. The largest absolute Gasteiger partial charge is 0.387 e. The van der Waals surface area contributed by atoms with Crippen LogP contribution >= 0.6 is 0 Å². The number of alkyl halides is 1. The molecule has 138 valence electrons. The monoisotopic (exact) mass is 362 g/mol. The smallest absolute Gasteiger partial charge is 0.349 e. The summed E-state index contributed by atoms with van der Waals surface area (Å²) in [6.07, 6.45) is -2.81. The average molecular weight is 362 g/mol. The summed E-state index contributed by atoms with van der Waals surface area (Å²) in [5, 5.41) is 12.5.